The fourth-order valence-corrected chi connectivity index (χ4v) is 2.74. The van der Waals surface area contributed by atoms with E-state index in [4.69, 9.17) is 0 Å². The van der Waals surface area contributed by atoms with E-state index in [0.29, 0.717) is 6.54 Å². The summed E-state index contributed by atoms with van der Waals surface area (Å²) in [5, 5.41) is 17.8. The molecule has 2 rings (SSSR count). The van der Waals surface area contributed by atoms with Gasteiger partial charge in [0.1, 0.15) is 10.8 Å². The molecule has 5 nitrogen and oxygen atoms in total. The number of amides is 2. The Kier molecular flexibility index (Phi) is 5.77. The van der Waals surface area contributed by atoms with Crippen LogP contribution in [0.25, 0.3) is 0 Å². The molecular formula is C16H21N3O2S. The first-order valence-corrected chi connectivity index (χ1v) is 8.14. The van der Waals surface area contributed by atoms with Gasteiger partial charge in [-0.1, -0.05) is 12.1 Å². The molecule has 0 aliphatic heterocycles. The number of benzene rings is 1. The molecule has 3 N–H and O–H groups in total. The topological polar surface area (TPSA) is 74.2 Å². The van der Waals surface area contributed by atoms with E-state index in [9.17, 15) is 9.90 Å². The number of aromatic hydroxyl groups is 1. The molecule has 0 aliphatic rings. The van der Waals surface area contributed by atoms with Crippen LogP contribution in [-0.4, -0.2) is 22.2 Å². The minimum absolute atomic E-state index is 0.0758. The lowest BCUT2D eigenvalue weighted by molar-refractivity contribution is 0.237. The van der Waals surface area contributed by atoms with Crippen LogP contribution in [0.3, 0.4) is 0 Å². The third-order valence-electron chi connectivity index (χ3n) is 3.25. The van der Waals surface area contributed by atoms with Gasteiger partial charge < -0.3 is 15.7 Å². The molecule has 0 aliphatic carbocycles. The van der Waals surface area contributed by atoms with E-state index in [1.807, 2.05) is 31.4 Å². The Morgan fingerprint density at radius 1 is 1.36 bits per heavy atom. The van der Waals surface area contributed by atoms with Crippen molar-refractivity contribution in [1.82, 2.24) is 15.6 Å². The van der Waals surface area contributed by atoms with Crippen LogP contribution < -0.4 is 10.6 Å². The van der Waals surface area contributed by atoms with E-state index in [1.165, 1.54) is 0 Å². The Bertz CT molecular complexity index is 610. The van der Waals surface area contributed by atoms with Gasteiger partial charge >= 0.3 is 6.03 Å². The molecule has 0 spiro atoms. The molecule has 1 atom stereocenters. The summed E-state index contributed by atoms with van der Waals surface area (Å²) in [6, 6.07) is 7.05. The number of nitrogens with zero attached hydrogens (tertiary/aromatic N) is 1. The molecular weight excluding hydrogens is 298 g/mol. The molecule has 1 aromatic carbocycles. The van der Waals surface area contributed by atoms with Crippen molar-refractivity contribution >= 4 is 17.4 Å². The number of hydrogen-bond donors (Lipinski definition) is 3. The zero-order valence-electron chi connectivity index (χ0n) is 12.8. The number of phenolic OH excluding ortho intramolecular Hbond substituents is 1. The molecule has 0 fully saturated rings. The van der Waals surface area contributed by atoms with Gasteiger partial charge in [-0.25, -0.2) is 9.78 Å². The third-order valence-corrected chi connectivity index (χ3v) is 4.21. The summed E-state index contributed by atoms with van der Waals surface area (Å²) in [7, 11) is 0. The number of carbonyl (C=O) groups is 1. The summed E-state index contributed by atoms with van der Waals surface area (Å²) < 4.78 is 0. The lowest BCUT2D eigenvalue weighted by atomic mass is 10.1. The van der Waals surface area contributed by atoms with E-state index >= 15 is 0 Å². The summed E-state index contributed by atoms with van der Waals surface area (Å²) in [6.07, 6.45) is 1.70. The van der Waals surface area contributed by atoms with Crippen LogP contribution in [0.4, 0.5) is 4.79 Å². The Balaban J connectivity index is 1.68. The normalized spacial score (nSPS) is 11.9. The monoisotopic (exact) mass is 319 g/mol. The van der Waals surface area contributed by atoms with Crippen LogP contribution in [0.5, 0.6) is 5.75 Å². The highest BCUT2D eigenvalue weighted by molar-refractivity contribution is 7.09. The number of aromatic nitrogens is 1. The molecule has 1 heterocycles. The second-order valence-corrected chi connectivity index (χ2v) is 6.26. The summed E-state index contributed by atoms with van der Waals surface area (Å²) in [6.45, 7) is 4.37. The zero-order valence-corrected chi connectivity index (χ0v) is 13.6. The highest BCUT2D eigenvalue weighted by Gasteiger charge is 2.08. The van der Waals surface area contributed by atoms with Gasteiger partial charge in [0, 0.05) is 17.1 Å². The van der Waals surface area contributed by atoms with E-state index in [0.717, 1.165) is 29.1 Å². The Labute approximate surface area is 134 Å². The fourth-order valence-electron chi connectivity index (χ4n) is 2.03. The molecule has 2 aromatic rings. The number of aryl methyl sites for hydroxylation is 2. The summed E-state index contributed by atoms with van der Waals surface area (Å²) in [5.41, 5.74) is 2.12. The molecule has 0 bridgehead atoms. The van der Waals surface area contributed by atoms with Crippen LogP contribution in [0.1, 0.15) is 29.6 Å². The predicted octanol–water partition coefficient (Wildman–Crippen LogP) is 2.98. The van der Waals surface area contributed by atoms with Gasteiger partial charge in [-0.3, -0.25) is 0 Å². The summed E-state index contributed by atoms with van der Waals surface area (Å²) >= 11 is 1.55. The van der Waals surface area contributed by atoms with E-state index < -0.39 is 0 Å². The van der Waals surface area contributed by atoms with Crippen molar-refractivity contribution < 1.29 is 9.90 Å². The van der Waals surface area contributed by atoms with Gasteiger partial charge in [0.25, 0.3) is 0 Å². The summed E-state index contributed by atoms with van der Waals surface area (Å²) in [5.74, 6) is 0.270. The molecule has 0 saturated carbocycles. The van der Waals surface area contributed by atoms with Gasteiger partial charge in [-0.15, -0.1) is 11.3 Å². The quantitative estimate of drug-likeness (QED) is 0.766. The average molecular weight is 319 g/mol. The van der Waals surface area contributed by atoms with Crippen LogP contribution in [0.2, 0.25) is 0 Å². The maximum absolute atomic E-state index is 11.8. The minimum atomic E-state index is -0.175. The number of nitrogens with one attached hydrogen (secondary N) is 2. The summed E-state index contributed by atoms with van der Waals surface area (Å²) in [4.78, 5) is 16.1. The Morgan fingerprint density at radius 2 is 2.09 bits per heavy atom. The first kappa shape index (κ1) is 16.3. The molecule has 0 radical (unpaired) electrons. The van der Waals surface area contributed by atoms with Crippen molar-refractivity contribution in [2.24, 2.45) is 0 Å². The average Bonchev–Trinajstić information content (AvgIpc) is 2.90. The first-order valence-electron chi connectivity index (χ1n) is 7.26. The smallest absolute Gasteiger partial charge is 0.315 e. The number of hydrogen-bond acceptors (Lipinski definition) is 4. The molecule has 6 heteroatoms. The lowest BCUT2D eigenvalue weighted by Gasteiger charge is -2.14. The lowest BCUT2D eigenvalue weighted by Crippen LogP contribution is -2.40. The standard InChI is InChI=1S/C16H21N3O2S/c1-11(3-4-13-5-7-14(20)8-6-13)19-16(21)17-9-15-18-12(2)10-22-15/h5-8,10-11,20H,3-4,9H2,1-2H3,(H2,17,19,21)/t11-/m0/s1. The van der Waals surface area contributed by atoms with E-state index in [-0.39, 0.29) is 17.8 Å². The highest BCUT2D eigenvalue weighted by Crippen LogP contribution is 2.12. The van der Waals surface area contributed by atoms with Crippen LogP contribution >= 0.6 is 11.3 Å². The third kappa shape index (κ3) is 5.37. The van der Waals surface area contributed by atoms with Crippen LogP contribution in [0.15, 0.2) is 29.6 Å². The van der Waals surface area contributed by atoms with Gasteiger partial charge in [-0.05, 0) is 44.4 Å². The predicted molar refractivity (Wildman–Crippen MR) is 88.1 cm³/mol. The Morgan fingerprint density at radius 3 is 2.73 bits per heavy atom. The number of urea groups is 1. The molecule has 0 saturated heterocycles. The molecule has 22 heavy (non-hydrogen) atoms. The number of carbonyl (C=O) groups excluding carboxylic acids is 1. The van der Waals surface area contributed by atoms with Gasteiger partial charge in [0.2, 0.25) is 0 Å². The van der Waals surface area contributed by atoms with Crippen LogP contribution in [0, 0.1) is 6.92 Å². The van der Waals surface area contributed by atoms with Crippen molar-refractivity contribution in [2.45, 2.75) is 39.3 Å². The fraction of sp³-hybridized carbons (Fsp3) is 0.375. The maximum atomic E-state index is 11.8. The molecule has 2 amide bonds. The van der Waals surface area contributed by atoms with Crippen molar-refractivity contribution in [3.63, 3.8) is 0 Å². The maximum Gasteiger partial charge on any atom is 0.315 e. The minimum Gasteiger partial charge on any atom is -0.508 e. The van der Waals surface area contributed by atoms with E-state index in [1.54, 1.807) is 23.5 Å². The molecule has 1 aromatic heterocycles. The number of rotatable bonds is 6. The zero-order chi connectivity index (χ0) is 15.9. The molecule has 118 valence electrons. The van der Waals surface area contributed by atoms with Crippen LogP contribution in [-0.2, 0) is 13.0 Å². The highest BCUT2D eigenvalue weighted by atomic mass is 32.1. The van der Waals surface area contributed by atoms with E-state index in [2.05, 4.69) is 15.6 Å². The second kappa shape index (κ2) is 7.79. The Hall–Kier alpha value is -2.08. The van der Waals surface area contributed by atoms with Crippen molar-refractivity contribution in [3.8, 4) is 5.75 Å². The number of thiazole rings is 1. The van der Waals surface area contributed by atoms with Crippen molar-refractivity contribution in [1.29, 1.82) is 0 Å². The van der Waals surface area contributed by atoms with Gasteiger partial charge in [-0.2, -0.15) is 0 Å². The largest absolute Gasteiger partial charge is 0.508 e. The van der Waals surface area contributed by atoms with Crippen molar-refractivity contribution in [2.75, 3.05) is 0 Å². The SMILES string of the molecule is Cc1csc(CNC(=O)N[C@@H](C)CCc2ccc(O)cc2)n1. The first-order chi connectivity index (χ1) is 10.5. The van der Waals surface area contributed by atoms with Gasteiger partial charge in [0.15, 0.2) is 0 Å². The number of phenols is 1. The van der Waals surface area contributed by atoms with Crippen molar-refractivity contribution in [3.05, 3.63) is 45.9 Å². The second-order valence-electron chi connectivity index (χ2n) is 5.32. The van der Waals surface area contributed by atoms with Gasteiger partial charge in [0.05, 0.1) is 6.54 Å². The molecule has 0 unspecified atom stereocenters.